The van der Waals surface area contributed by atoms with Gasteiger partial charge < -0.3 is 20.3 Å². The molecule has 1 aliphatic heterocycles. The topological polar surface area (TPSA) is 119 Å². The highest BCUT2D eigenvalue weighted by Crippen LogP contribution is 2.39. The van der Waals surface area contributed by atoms with Crippen molar-refractivity contribution in [3.63, 3.8) is 0 Å². The largest absolute Gasteiger partial charge is 0.496 e. The van der Waals surface area contributed by atoms with E-state index in [2.05, 4.69) is 0 Å². The number of ether oxygens (including phenoxy) is 2. The zero-order chi connectivity index (χ0) is 21.9. The molecule has 3 rings (SSSR count). The molecule has 0 fully saturated rings. The molecule has 8 nitrogen and oxygen atoms in total. The number of carbonyl (C=O) groups is 3. The van der Waals surface area contributed by atoms with Crippen LogP contribution >= 0.6 is 0 Å². The van der Waals surface area contributed by atoms with E-state index in [1.54, 1.807) is 49.4 Å². The molecule has 0 aromatic heterocycles. The maximum atomic E-state index is 13.4. The molecule has 0 radical (unpaired) electrons. The highest BCUT2D eigenvalue weighted by atomic mass is 16.5. The van der Waals surface area contributed by atoms with Crippen LogP contribution in [0.1, 0.15) is 24.5 Å². The van der Waals surface area contributed by atoms with Gasteiger partial charge in [-0.05, 0) is 24.1 Å². The molecule has 30 heavy (non-hydrogen) atoms. The van der Waals surface area contributed by atoms with Crippen LogP contribution in [-0.4, -0.2) is 41.6 Å². The predicted octanol–water partition coefficient (Wildman–Crippen LogP) is 1.89. The Hall–Kier alpha value is -3.39. The number of nitrogens with two attached hydrogens (primary N) is 1. The maximum Gasteiger partial charge on any atom is 0.336 e. The lowest BCUT2D eigenvalue weighted by Crippen LogP contribution is -2.63. The van der Waals surface area contributed by atoms with E-state index in [1.165, 1.54) is 7.11 Å². The quantitative estimate of drug-likeness (QED) is 0.526. The fraction of sp³-hybridized carbons (Fsp3) is 0.318. The smallest absolute Gasteiger partial charge is 0.336 e. The summed E-state index contributed by atoms with van der Waals surface area (Å²) in [6.45, 7) is 1.54. The molecule has 0 aliphatic carbocycles. The molecule has 0 unspecified atom stereocenters. The molecule has 2 aromatic carbocycles. The minimum Gasteiger partial charge on any atom is -0.496 e. The van der Waals surface area contributed by atoms with E-state index in [4.69, 9.17) is 15.2 Å². The van der Waals surface area contributed by atoms with E-state index in [-0.39, 0.29) is 19.4 Å². The highest BCUT2D eigenvalue weighted by Gasteiger charge is 2.50. The van der Waals surface area contributed by atoms with Crippen molar-refractivity contribution in [2.24, 2.45) is 5.73 Å². The first-order chi connectivity index (χ1) is 14.3. The molecule has 0 saturated heterocycles. The van der Waals surface area contributed by atoms with Crippen LogP contribution < -0.4 is 15.4 Å². The number of anilines is 1. The van der Waals surface area contributed by atoms with Crippen LogP contribution in [0.15, 0.2) is 48.5 Å². The third kappa shape index (κ3) is 3.73. The summed E-state index contributed by atoms with van der Waals surface area (Å²) in [5, 5.41) is 9.71. The fourth-order valence-electron chi connectivity index (χ4n) is 3.53. The number of hydrogen-bond acceptors (Lipinski definition) is 6. The summed E-state index contributed by atoms with van der Waals surface area (Å²) in [4.78, 5) is 39.2. The van der Waals surface area contributed by atoms with Crippen molar-refractivity contribution in [1.29, 1.82) is 0 Å². The normalized spacial score (nSPS) is 17.0. The Morgan fingerprint density at radius 2 is 1.87 bits per heavy atom. The Kier molecular flexibility index (Phi) is 6.07. The maximum absolute atomic E-state index is 13.4. The van der Waals surface area contributed by atoms with Gasteiger partial charge in [-0.3, -0.25) is 9.69 Å². The number of nitrogens with zero attached hydrogens (tertiary/aromatic N) is 1. The number of hydrogen-bond donors (Lipinski definition) is 2. The van der Waals surface area contributed by atoms with Crippen molar-refractivity contribution < 1.29 is 29.0 Å². The van der Waals surface area contributed by atoms with Crippen LogP contribution in [-0.2, 0) is 32.1 Å². The average Bonchev–Trinajstić information content (AvgIpc) is 3.17. The van der Waals surface area contributed by atoms with Crippen molar-refractivity contribution in [2.75, 3.05) is 12.0 Å². The molecule has 0 bridgehead atoms. The summed E-state index contributed by atoms with van der Waals surface area (Å²) in [7, 11) is 1.47. The Balaban J connectivity index is 1.91. The summed E-state index contributed by atoms with van der Waals surface area (Å²) in [5.74, 6) is -2.45. The molecular formula is C22H24N2O6. The van der Waals surface area contributed by atoms with Gasteiger partial charge in [-0.2, -0.15) is 0 Å². The van der Waals surface area contributed by atoms with Crippen molar-refractivity contribution in [3.8, 4) is 5.75 Å². The van der Waals surface area contributed by atoms with Gasteiger partial charge in [-0.25, -0.2) is 9.59 Å². The van der Waals surface area contributed by atoms with Gasteiger partial charge in [-0.1, -0.05) is 43.3 Å². The van der Waals surface area contributed by atoms with Crippen molar-refractivity contribution in [1.82, 2.24) is 0 Å². The SMILES string of the molecule is CC[C@@](N)(C(=O)OCc1ccccc1)C(=O)N1c2cccc(OC)c2C[C@@H]1C(=O)O. The Morgan fingerprint density at radius 1 is 1.17 bits per heavy atom. The van der Waals surface area contributed by atoms with Gasteiger partial charge >= 0.3 is 11.9 Å². The number of fused-ring (bicyclic) bond motifs is 1. The van der Waals surface area contributed by atoms with Crippen LogP contribution in [0.2, 0.25) is 0 Å². The number of benzene rings is 2. The van der Waals surface area contributed by atoms with E-state index in [0.717, 1.165) is 10.5 Å². The number of carbonyl (C=O) groups excluding carboxylic acids is 2. The lowest BCUT2D eigenvalue weighted by Gasteiger charge is -2.32. The van der Waals surface area contributed by atoms with Gasteiger partial charge in [0, 0.05) is 12.0 Å². The van der Waals surface area contributed by atoms with E-state index in [9.17, 15) is 19.5 Å². The van der Waals surface area contributed by atoms with E-state index in [0.29, 0.717) is 17.0 Å². The van der Waals surface area contributed by atoms with Gasteiger partial charge in [0.2, 0.25) is 0 Å². The zero-order valence-electron chi connectivity index (χ0n) is 16.8. The third-order valence-electron chi connectivity index (χ3n) is 5.32. The van der Waals surface area contributed by atoms with Gasteiger partial charge in [0.05, 0.1) is 12.8 Å². The average molecular weight is 412 g/mol. The van der Waals surface area contributed by atoms with Crippen molar-refractivity contribution >= 4 is 23.5 Å². The van der Waals surface area contributed by atoms with Crippen LogP contribution in [0.3, 0.4) is 0 Å². The van der Waals surface area contributed by atoms with E-state index in [1.807, 2.05) is 6.07 Å². The number of carboxylic acid groups (broad SMARTS) is 1. The van der Waals surface area contributed by atoms with Crippen LogP contribution in [0.4, 0.5) is 5.69 Å². The van der Waals surface area contributed by atoms with Crippen LogP contribution in [0.5, 0.6) is 5.75 Å². The number of amides is 1. The summed E-state index contributed by atoms with van der Waals surface area (Å²) in [5.41, 5.74) is 5.90. The van der Waals surface area contributed by atoms with Crippen LogP contribution in [0.25, 0.3) is 0 Å². The monoisotopic (exact) mass is 412 g/mol. The molecule has 3 N–H and O–H groups in total. The molecular weight excluding hydrogens is 388 g/mol. The second kappa shape index (κ2) is 8.54. The molecule has 158 valence electrons. The molecule has 0 spiro atoms. The number of carboxylic acids is 1. The van der Waals surface area contributed by atoms with Crippen molar-refractivity contribution in [3.05, 3.63) is 59.7 Å². The van der Waals surface area contributed by atoms with E-state index < -0.39 is 29.4 Å². The predicted molar refractivity (Wildman–Crippen MR) is 109 cm³/mol. The fourth-order valence-corrected chi connectivity index (χ4v) is 3.53. The summed E-state index contributed by atoms with van der Waals surface area (Å²) in [6, 6.07) is 12.8. The summed E-state index contributed by atoms with van der Waals surface area (Å²) in [6.07, 6.45) is 0.000868. The molecule has 8 heteroatoms. The second-order valence-electron chi connectivity index (χ2n) is 7.08. The summed E-state index contributed by atoms with van der Waals surface area (Å²) < 4.78 is 10.6. The Labute approximate surface area is 174 Å². The molecule has 0 saturated carbocycles. The highest BCUT2D eigenvalue weighted by molar-refractivity contribution is 6.16. The number of esters is 1. The Bertz CT molecular complexity index is 961. The minimum atomic E-state index is -2.02. The van der Waals surface area contributed by atoms with Gasteiger partial charge in [0.15, 0.2) is 5.54 Å². The lowest BCUT2D eigenvalue weighted by atomic mass is 9.95. The van der Waals surface area contributed by atoms with Gasteiger partial charge in [0.25, 0.3) is 5.91 Å². The van der Waals surface area contributed by atoms with Crippen molar-refractivity contribution in [2.45, 2.75) is 38.0 Å². The Morgan fingerprint density at radius 3 is 2.47 bits per heavy atom. The van der Waals surface area contributed by atoms with E-state index >= 15 is 0 Å². The molecule has 1 amide bonds. The molecule has 2 aromatic rings. The molecule has 1 aliphatic rings. The summed E-state index contributed by atoms with van der Waals surface area (Å²) >= 11 is 0. The van der Waals surface area contributed by atoms with Crippen LogP contribution in [0, 0.1) is 0 Å². The van der Waals surface area contributed by atoms with Gasteiger partial charge in [-0.15, -0.1) is 0 Å². The first-order valence-corrected chi connectivity index (χ1v) is 9.55. The minimum absolute atomic E-state index is 0.0430. The lowest BCUT2D eigenvalue weighted by molar-refractivity contribution is -0.156. The number of rotatable bonds is 7. The number of methoxy groups -OCH3 is 1. The number of aliphatic carboxylic acids is 1. The van der Waals surface area contributed by atoms with Gasteiger partial charge in [0.1, 0.15) is 18.4 Å². The first kappa shape index (κ1) is 21.3. The zero-order valence-corrected chi connectivity index (χ0v) is 16.8. The standard InChI is InChI=1S/C22H24N2O6/c1-3-22(23,21(28)30-13-14-8-5-4-6-9-14)20(27)24-16-10-7-11-18(29-2)15(16)12-17(24)19(25)26/h4-11,17H,3,12-13,23H2,1-2H3,(H,25,26)/t17-,22+/m1/s1. The first-order valence-electron chi connectivity index (χ1n) is 9.55. The second-order valence-corrected chi connectivity index (χ2v) is 7.08. The third-order valence-corrected chi connectivity index (χ3v) is 5.32. The molecule has 1 heterocycles. The molecule has 2 atom stereocenters.